The molecule has 1 aliphatic rings. The molecule has 1 aliphatic carbocycles. The third-order valence-electron chi connectivity index (χ3n) is 4.21. The van der Waals surface area contributed by atoms with Crippen molar-refractivity contribution < 1.29 is 5.11 Å². The first-order chi connectivity index (χ1) is 7.16. The Kier molecular flexibility index (Phi) is 5.07. The van der Waals surface area contributed by atoms with Crippen molar-refractivity contribution in [2.75, 3.05) is 6.54 Å². The summed E-state index contributed by atoms with van der Waals surface area (Å²) in [6, 6.07) is 0. The summed E-state index contributed by atoms with van der Waals surface area (Å²) in [4.78, 5) is 0. The van der Waals surface area contributed by atoms with Crippen LogP contribution in [-0.2, 0) is 0 Å². The summed E-state index contributed by atoms with van der Waals surface area (Å²) in [5, 5.41) is 10.5. The van der Waals surface area contributed by atoms with E-state index in [0.717, 1.165) is 25.2 Å². The highest BCUT2D eigenvalue weighted by atomic mass is 16.3. The third-order valence-corrected chi connectivity index (χ3v) is 4.21. The predicted molar refractivity (Wildman–Crippen MR) is 64.7 cm³/mol. The third kappa shape index (κ3) is 3.18. The molecule has 0 aliphatic heterocycles. The second kappa shape index (κ2) is 5.86. The van der Waals surface area contributed by atoms with E-state index in [4.69, 9.17) is 5.73 Å². The fourth-order valence-corrected chi connectivity index (χ4v) is 3.05. The maximum atomic E-state index is 10.5. The lowest BCUT2D eigenvalue weighted by atomic mass is 9.70. The van der Waals surface area contributed by atoms with Gasteiger partial charge in [0.1, 0.15) is 0 Å². The van der Waals surface area contributed by atoms with Crippen LogP contribution in [-0.4, -0.2) is 17.3 Å². The molecule has 0 aromatic carbocycles. The van der Waals surface area contributed by atoms with Crippen LogP contribution in [0.15, 0.2) is 0 Å². The fraction of sp³-hybridized carbons (Fsp3) is 1.00. The molecule has 1 saturated carbocycles. The average molecular weight is 213 g/mol. The molecule has 1 fully saturated rings. The number of nitrogens with two attached hydrogens (primary N) is 1. The van der Waals surface area contributed by atoms with Gasteiger partial charge in [-0.3, -0.25) is 0 Å². The minimum atomic E-state index is -0.451. The Bertz CT molecular complexity index is 169. The first-order valence-electron chi connectivity index (χ1n) is 6.58. The first kappa shape index (κ1) is 13.0. The van der Waals surface area contributed by atoms with Crippen LogP contribution >= 0.6 is 0 Å². The molecule has 0 radical (unpaired) electrons. The number of aliphatic hydroxyl groups is 1. The van der Waals surface area contributed by atoms with Crippen molar-refractivity contribution in [2.45, 2.75) is 64.4 Å². The normalized spacial score (nSPS) is 34.0. The van der Waals surface area contributed by atoms with Gasteiger partial charge in [0.05, 0.1) is 5.60 Å². The van der Waals surface area contributed by atoms with Crippen molar-refractivity contribution in [3.8, 4) is 0 Å². The molecule has 0 aromatic heterocycles. The van der Waals surface area contributed by atoms with Crippen molar-refractivity contribution >= 4 is 0 Å². The second-order valence-electron chi connectivity index (χ2n) is 5.18. The Morgan fingerprint density at radius 1 is 1.33 bits per heavy atom. The van der Waals surface area contributed by atoms with E-state index in [0.29, 0.717) is 12.5 Å². The molecule has 2 heteroatoms. The molecule has 1 atom stereocenters. The van der Waals surface area contributed by atoms with Gasteiger partial charge in [0.15, 0.2) is 0 Å². The molecule has 1 unspecified atom stereocenters. The quantitative estimate of drug-likeness (QED) is 0.737. The van der Waals surface area contributed by atoms with Gasteiger partial charge in [-0.2, -0.15) is 0 Å². The van der Waals surface area contributed by atoms with E-state index in [1.807, 2.05) is 0 Å². The Balaban J connectivity index is 2.46. The van der Waals surface area contributed by atoms with Crippen molar-refractivity contribution in [1.29, 1.82) is 0 Å². The van der Waals surface area contributed by atoms with E-state index in [-0.39, 0.29) is 0 Å². The van der Waals surface area contributed by atoms with Gasteiger partial charge in [-0.1, -0.05) is 26.7 Å². The molecule has 0 bridgehead atoms. The van der Waals surface area contributed by atoms with Gasteiger partial charge < -0.3 is 10.8 Å². The summed E-state index contributed by atoms with van der Waals surface area (Å²) in [7, 11) is 0. The van der Waals surface area contributed by atoms with Gasteiger partial charge in [-0.05, 0) is 50.5 Å². The summed E-state index contributed by atoms with van der Waals surface area (Å²) in [6.45, 7) is 5.01. The zero-order valence-electron chi connectivity index (χ0n) is 10.3. The van der Waals surface area contributed by atoms with Crippen molar-refractivity contribution in [3.05, 3.63) is 0 Å². The Hall–Kier alpha value is -0.0800. The van der Waals surface area contributed by atoms with Gasteiger partial charge in [0.25, 0.3) is 0 Å². The molecule has 0 saturated heterocycles. The minimum Gasteiger partial charge on any atom is -0.390 e. The summed E-state index contributed by atoms with van der Waals surface area (Å²) in [5.74, 6) is 1.16. The number of hydrogen-bond acceptors (Lipinski definition) is 2. The number of rotatable bonds is 5. The van der Waals surface area contributed by atoms with Crippen LogP contribution in [0.4, 0.5) is 0 Å². The van der Waals surface area contributed by atoms with Crippen LogP contribution < -0.4 is 5.73 Å². The molecule has 2 nitrogen and oxygen atoms in total. The van der Waals surface area contributed by atoms with Gasteiger partial charge in [0.2, 0.25) is 0 Å². The van der Waals surface area contributed by atoms with Crippen LogP contribution in [0.25, 0.3) is 0 Å². The average Bonchev–Trinajstić information content (AvgIpc) is 2.24. The van der Waals surface area contributed by atoms with Crippen molar-refractivity contribution in [1.82, 2.24) is 0 Å². The maximum absolute atomic E-state index is 10.5. The Morgan fingerprint density at radius 2 is 1.93 bits per heavy atom. The van der Waals surface area contributed by atoms with Crippen LogP contribution in [0.5, 0.6) is 0 Å². The smallest absolute Gasteiger partial charge is 0.0688 e. The van der Waals surface area contributed by atoms with E-state index >= 15 is 0 Å². The SMILES string of the molecule is CCCC1CCC(O)(C(CC)CN)CC1. The molecule has 0 amide bonds. The molecule has 0 aromatic rings. The molecule has 15 heavy (non-hydrogen) atoms. The fourth-order valence-electron chi connectivity index (χ4n) is 3.05. The van der Waals surface area contributed by atoms with E-state index in [2.05, 4.69) is 13.8 Å². The van der Waals surface area contributed by atoms with Crippen LogP contribution in [0.1, 0.15) is 58.8 Å². The standard InChI is InChI=1S/C13H27NO/c1-3-5-11-6-8-13(15,9-7-11)12(4-2)10-14/h11-12,15H,3-10,14H2,1-2H3. The zero-order valence-corrected chi connectivity index (χ0v) is 10.3. The maximum Gasteiger partial charge on any atom is 0.0688 e. The molecule has 3 N–H and O–H groups in total. The first-order valence-corrected chi connectivity index (χ1v) is 6.58. The molecular weight excluding hydrogens is 186 g/mol. The highest BCUT2D eigenvalue weighted by molar-refractivity contribution is 4.91. The Labute approximate surface area is 94.2 Å². The molecule has 0 spiro atoms. The summed E-state index contributed by atoms with van der Waals surface area (Å²) >= 11 is 0. The van der Waals surface area contributed by atoms with E-state index in [9.17, 15) is 5.11 Å². The summed E-state index contributed by atoms with van der Waals surface area (Å²) in [6.07, 6.45) is 7.93. The lowest BCUT2D eigenvalue weighted by molar-refractivity contribution is -0.0583. The predicted octanol–water partition coefficient (Wildman–Crippen LogP) is 2.69. The van der Waals surface area contributed by atoms with Crippen LogP contribution in [0.2, 0.25) is 0 Å². The lowest BCUT2D eigenvalue weighted by Crippen LogP contribution is -2.44. The summed E-state index contributed by atoms with van der Waals surface area (Å²) < 4.78 is 0. The molecular formula is C13H27NO. The highest BCUT2D eigenvalue weighted by Crippen LogP contribution is 2.39. The van der Waals surface area contributed by atoms with Gasteiger partial charge in [-0.25, -0.2) is 0 Å². The highest BCUT2D eigenvalue weighted by Gasteiger charge is 2.38. The van der Waals surface area contributed by atoms with Crippen LogP contribution in [0.3, 0.4) is 0 Å². The number of hydrogen-bond donors (Lipinski definition) is 2. The summed E-state index contributed by atoms with van der Waals surface area (Å²) in [5.41, 5.74) is 5.28. The van der Waals surface area contributed by atoms with Crippen molar-refractivity contribution in [3.63, 3.8) is 0 Å². The minimum absolute atomic E-state index is 0.306. The lowest BCUT2D eigenvalue weighted by Gasteiger charge is -2.41. The monoisotopic (exact) mass is 213 g/mol. The second-order valence-corrected chi connectivity index (χ2v) is 5.18. The van der Waals surface area contributed by atoms with Crippen molar-refractivity contribution in [2.24, 2.45) is 17.6 Å². The van der Waals surface area contributed by atoms with Gasteiger partial charge in [-0.15, -0.1) is 0 Å². The van der Waals surface area contributed by atoms with E-state index in [1.54, 1.807) is 0 Å². The zero-order chi connectivity index (χ0) is 11.3. The van der Waals surface area contributed by atoms with Gasteiger partial charge >= 0.3 is 0 Å². The van der Waals surface area contributed by atoms with E-state index in [1.165, 1.54) is 25.7 Å². The topological polar surface area (TPSA) is 46.2 Å². The molecule has 0 heterocycles. The molecule has 1 rings (SSSR count). The Morgan fingerprint density at radius 3 is 2.33 bits per heavy atom. The van der Waals surface area contributed by atoms with Gasteiger partial charge in [0, 0.05) is 0 Å². The van der Waals surface area contributed by atoms with Crippen LogP contribution in [0, 0.1) is 11.8 Å². The largest absolute Gasteiger partial charge is 0.390 e. The molecule has 90 valence electrons. The van der Waals surface area contributed by atoms with E-state index < -0.39 is 5.60 Å².